The van der Waals surface area contributed by atoms with Crippen molar-refractivity contribution >= 4 is 53.4 Å². The van der Waals surface area contributed by atoms with Gasteiger partial charge in [-0.25, -0.2) is 0 Å². The summed E-state index contributed by atoms with van der Waals surface area (Å²) in [6.45, 7) is 0.381. The summed E-state index contributed by atoms with van der Waals surface area (Å²) < 4.78 is 0. The minimum Gasteiger partial charge on any atom is -0.480 e. The summed E-state index contributed by atoms with van der Waals surface area (Å²) in [4.78, 5) is 111. The van der Waals surface area contributed by atoms with Crippen LogP contribution in [0.3, 0.4) is 0 Å². The number of carbonyl (C=O) groups excluding carboxylic acids is 5. The summed E-state index contributed by atoms with van der Waals surface area (Å²) in [6, 6.07) is -2.18. The van der Waals surface area contributed by atoms with Gasteiger partial charge in [0.25, 0.3) is 0 Å². The number of amides is 5. The number of aliphatic carboxylic acids is 4. The van der Waals surface area contributed by atoms with E-state index in [1.54, 1.807) is 21.0 Å². The molecule has 0 saturated heterocycles. The number of nitrogens with zero attached hydrogens (tertiary/aromatic N) is 3. The van der Waals surface area contributed by atoms with Crippen molar-refractivity contribution < 1.29 is 63.6 Å². The van der Waals surface area contributed by atoms with Crippen molar-refractivity contribution in [3.05, 3.63) is 0 Å². The molecule has 5 amide bonds. The third-order valence-corrected chi connectivity index (χ3v) is 8.77. The van der Waals surface area contributed by atoms with E-state index in [9.17, 15) is 43.2 Å². The zero-order chi connectivity index (χ0) is 43.3. The molecule has 3 unspecified atom stereocenters. The van der Waals surface area contributed by atoms with Gasteiger partial charge < -0.3 is 57.6 Å². The number of likely N-dealkylation sites (N-methyl/N-ethyl adjacent to an activating group) is 2. The molecule has 0 aromatic carbocycles. The van der Waals surface area contributed by atoms with Crippen molar-refractivity contribution in [2.75, 3.05) is 79.5 Å². The second kappa shape index (κ2) is 30.2. The number of unbranched alkanes of at least 4 members (excludes halogenated alkanes) is 3. The van der Waals surface area contributed by atoms with Crippen LogP contribution in [0.4, 0.5) is 0 Å². The number of nitrogens with two attached hydrogens (primary N) is 1. The van der Waals surface area contributed by atoms with Gasteiger partial charge in [0.05, 0.1) is 44.8 Å². The van der Waals surface area contributed by atoms with E-state index in [0.717, 1.165) is 0 Å². The third-order valence-electron chi connectivity index (χ3n) is 8.77. The van der Waals surface area contributed by atoms with Crippen molar-refractivity contribution in [3.8, 4) is 0 Å². The topological polar surface area (TPSA) is 330 Å². The number of primary amides is 1. The van der Waals surface area contributed by atoms with Crippen LogP contribution in [-0.2, 0) is 43.2 Å². The number of rotatable bonds is 35. The molecule has 11 N–H and O–H groups in total. The predicted octanol–water partition coefficient (Wildman–Crippen LogP) is -2.94. The summed E-state index contributed by atoms with van der Waals surface area (Å²) >= 11 is 0. The van der Waals surface area contributed by atoms with Crippen LogP contribution in [-0.4, -0.2) is 186 Å². The van der Waals surface area contributed by atoms with E-state index >= 15 is 0 Å². The van der Waals surface area contributed by atoms with Crippen LogP contribution < -0.4 is 32.3 Å². The average Bonchev–Trinajstić information content (AvgIpc) is 3.12. The third kappa shape index (κ3) is 25.8. The van der Waals surface area contributed by atoms with E-state index < -0.39 is 80.0 Å². The molecule has 0 aromatic heterocycles. The van der Waals surface area contributed by atoms with Crippen LogP contribution in [0.1, 0.15) is 71.1 Å². The van der Waals surface area contributed by atoms with E-state index in [-0.39, 0.29) is 69.8 Å². The first-order chi connectivity index (χ1) is 26.9. The van der Waals surface area contributed by atoms with Gasteiger partial charge in [0.15, 0.2) is 0 Å². The maximum Gasteiger partial charge on any atom is 0.317 e. The Morgan fingerprint density at radius 1 is 0.544 bits per heavy atom. The molecule has 57 heavy (non-hydrogen) atoms. The molecule has 0 radical (unpaired) electrons. The van der Waals surface area contributed by atoms with Crippen molar-refractivity contribution in [2.45, 2.75) is 89.3 Å². The molecule has 22 heteroatoms. The first kappa shape index (κ1) is 52.1. The van der Waals surface area contributed by atoms with Gasteiger partial charge in [0, 0.05) is 26.1 Å². The van der Waals surface area contributed by atoms with Gasteiger partial charge in [0.1, 0.15) is 6.04 Å². The Labute approximate surface area is 332 Å². The summed E-state index contributed by atoms with van der Waals surface area (Å²) in [5.74, 6) is -6.93. The largest absolute Gasteiger partial charge is 0.480 e. The molecule has 0 rings (SSSR count). The predicted molar refractivity (Wildman–Crippen MR) is 205 cm³/mol. The van der Waals surface area contributed by atoms with Crippen LogP contribution in [0.15, 0.2) is 0 Å². The Hall–Kier alpha value is -4.93. The van der Waals surface area contributed by atoms with E-state index in [0.29, 0.717) is 51.4 Å². The SMILES string of the molecule is CCC(=O)N(CCNC(=O)C(CCCCN(CC(=O)O)CC(=O)O)NC)CC(=O)NC(CCCCNC(=O)C(CCCCN(CC(=O)O)CC(=O)O)NC)C(N)=O. The number of hydrogen-bond acceptors (Lipinski definition) is 13. The van der Waals surface area contributed by atoms with Gasteiger partial charge in [-0.05, 0) is 72.1 Å². The van der Waals surface area contributed by atoms with Crippen LogP contribution in [0, 0.1) is 0 Å². The molecule has 22 nitrogen and oxygen atoms in total. The number of carbonyl (C=O) groups is 9. The summed E-state index contributed by atoms with van der Waals surface area (Å²) in [6.07, 6.45) is 3.94. The van der Waals surface area contributed by atoms with E-state index in [2.05, 4.69) is 26.6 Å². The van der Waals surface area contributed by atoms with Gasteiger partial charge >= 0.3 is 23.9 Å². The fraction of sp³-hybridized carbons (Fsp3) is 0.743. The molecule has 0 spiro atoms. The molecule has 3 atom stereocenters. The molecule has 0 bridgehead atoms. The maximum atomic E-state index is 12.9. The summed E-state index contributed by atoms with van der Waals surface area (Å²) in [5.41, 5.74) is 5.52. The minimum atomic E-state index is -1.14. The molecular weight excluding hydrogens is 754 g/mol. The van der Waals surface area contributed by atoms with Crippen molar-refractivity contribution in [1.82, 2.24) is 41.3 Å². The lowest BCUT2D eigenvalue weighted by atomic mass is 10.1. The number of carboxylic acid groups (broad SMARTS) is 4. The number of carboxylic acids is 4. The summed E-state index contributed by atoms with van der Waals surface area (Å²) in [7, 11) is 3.21. The van der Waals surface area contributed by atoms with Crippen molar-refractivity contribution in [3.63, 3.8) is 0 Å². The van der Waals surface area contributed by atoms with Crippen LogP contribution in [0.25, 0.3) is 0 Å². The zero-order valence-electron chi connectivity index (χ0n) is 33.3. The van der Waals surface area contributed by atoms with E-state index in [4.69, 9.17) is 26.2 Å². The number of hydrogen-bond donors (Lipinski definition) is 10. The second-order valence-electron chi connectivity index (χ2n) is 13.4. The normalized spacial score (nSPS) is 12.6. The number of nitrogens with one attached hydrogen (secondary N) is 5. The Balaban J connectivity index is 4.78. The molecule has 0 fully saturated rings. The molecule has 0 aliphatic carbocycles. The highest BCUT2D eigenvalue weighted by atomic mass is 16.4. The van der Waals surface area contributed by atoms with Gasteiger partial charge in [-0.15, -0.1) is 0 Å². The lowest BCUT2D eigenvalue weighted by molar-refractivity contribution is -0.143. The molecular formula is C35H63N9O13. The summed E-state index contributed by atoms with van der Waals surface area (Å²) in [5, 5.41) is 49.8. The minimum absolute atomic E-state index is 0.00401. The lowest BCUT2D eigenvalue weighted by Gasteiger charge is -2.24. The highest BCUT2D eigenvalue weighted by Crippen LogP contribution is 2.06. The first-order valence-corrected chi connectivity index (χ1v) is 19.0. The average molecular weight is 818 g/mol. The van der Waals surface area contributed by atoms with E-state index in [1.807, 2.05) is 0 Å². The fourth-order valence-electron chi connectivity index (χ4n) is 5.83. The fourth-order valence-corrected chi connectivity index (χ4v) is 5.83. The van der Waals surface area contributed by atoms with Crippen LogP contribution >= 0.6 is 0 Å². The quantitative estimate of drug-likeness (QED) is 0.0286. The molecule has 0 saturated carbocycles. The Morgan fingerprint density at radius 2 is 0.947 bits per heavy atom. The Morgan fingerprint density at radius 3 is 1.33 bits per heavy atom. The maximum absolute atomic E-state index is 12.9. The zero-order valence-corrected chi connectivity index (χ0v) is 33.3. The van der Waals surface area contributed by atoms with Crippen LogP contribution in [0.2, 0.25) is 0 Å². The van der Waals surface area contributed by atoms with Crippen LogP contribution in [0.5, 0.6) is 0 Å². The molecule has 0 aliphatic rings. The van der Waals surface area contributed by atoms with Crippen molar-refractivity contribution in [1.29, 1.82) is 0 Å². The monoisotopic (exact) mass is 817 g/mol. The molecule has 326 valence electrons. The van der Waals surface area contributed by atoms with Gasteiger partial charge in [-0.1, -0.05) is 19.8 Å². The molecule has 0 aromatic rings. The van der Waals surface area contributed by atoms with Gasteiger partial charge in [-0.2, -0.15) is 0 Å². The highest BCUT2D eigenvalue weighted by Gasteiger charge is 2.23. The van der Waals surface area contributed by atoms with Gasteiger partial charge in [-0.3, -0.25) is 53.0 Å². The van der Waals surface area contributed by atoms with Gasteiger partial charge in [0.2, 0.25) is 29.5 Å². The van der Waals surface area contributed by atoms with E-state index in [1.165, 1.54) is 14.7 Å². The lowest BCUT2D eigenvalue weighted by Crippen LogP contribution is -2.50. The first-order valence-electron chi connectivity index (χ1n) is 19.0. The highest BCUT2D eigenvalue weighted by molar-refractivity contribution is 5.89. The molecule has 0 aliphatic heterocycles. The standard InChI is InChI=1S/C35H63N9O13/c1-4-28(46)44(18-15-40-35(57)26(38-3)13-7-10-17-43(22-31(51)52)23-32(53)54)19-27(45)41-24(33(36)55)11-5-8-14-39-34(56)25(37-2)12-6-9-16-42(20-29(47)48)21-30(49)50/h24-26,37-38H,4-23H2,1-3H3,(H2,36,55)(H,39,56)(H,40,57)(H,41,45)(H,47,48)(H,49,50)(H,51,52)(H,53,54). The Bertz CT molecular complexity index is 1290. The Kier molecular flexibility index (Phi) is 27.6. The second-order valence-corrected chi connectivity index (χ2v) is 13.4. The smallest absolute Gasteiger partial charge is 0.317 e. The van der Waals surface area contributed by atoms with Crippen molar-refractivity contribution in [2.24, 2.45) is 5.73 Å². The molecule has 0 heterocycles.